The van der Waals surface area contributed by atoms with E-state index in [0.717, 1.165) is 56.0 Å². The molecule has 5 heteroatoms. The second-order valence-electron chi connectivity index (χ2n) is 6.68. The predicted molar refractivity (Wildman–Crippen MR) is 103 cm³/mol. The molecule has 0 amide bonds. The second-order valence-corrected chi connectivity index (χ2v) is 7.53. The molecule has 0 fully saturated rings. The summed E-state index contributed by atoms with van der Waals surface area (Å²) < 4.78 is 0. The first-order chi connectivity index (χ1) is 11.6. The lowest BCUT2D eigenvalue weighted by molar-refractivity contribution is 0.565. The van der Waals surface area contributed by atoms with E-state index in [1.54, 1.807) is 6.07 Å². The molecule has 0 saturated carbocycles. The largest absolute Gasteiger partial charge is 0.330 e. The van der Waals surface area contributed by atoms with Crippen LogP contribution in [-0.4, -0.2) is 11.5 Å². The predicted octanol–water partition coefficient (Wildman–Crippen LogP) is 4.94. The van der Waals surface area contributed by atoms with Gasteiger partial charge in [0.2, 0.25) is 0 Å². The minimum atomic E-state index is -0.0150. The highest BCUT2D eigenvalue weighted by atomic mass is 35.5. The zero-order valence-corrected chi connectivity index (χ0v) is 15.5. The van der Waals surface area contributed by atoms with E-state index in [2.05, 4.69) is 0 Å². The zero-order chi connectivity index (χ0) is 17.1. The second kappa shape index (κ2) is 8.01. The van der Waals surface area contributed by atoms with E-state index in [0.29, 0.717) is 10.0 Å². The van der Waals surface area contributed by atoms with Crippen LogP contribution in [0.1, 0.15) is 61.4 Å². The fraction of sp³-hybridized carbons (Fsp3) is 0.526. The number of unbranched alkanes of at least 4 members (excludes halogenated alkanes) is 2. The van der Waals surface area contributed by atoms with Crippen LogP contribution in [-0.2, 0) is 12.8 Å². The van der Waals surface area contributed by atoms with Crippen LogP contribution in [0.15, 0.2) is 12.1 Å². The van der Waals surface area contributed by atoms with Gasteiger partial charge in [-0.2, -0.15) is 0 Å². The molecule has 1 unspecified atom stereocenters. The third-order valence-electron chi connectivity index (χ3n) is 4.91. The van der Waals surface area contributed by atoms with E-state index < -0.39 is 0 Å². The van der Waals surface area contributed by atoms with E-state index in [-0.39, 0.29) is 6.04 Å². The minimum absolute atomic E-state index is 0.0150. The molecule has 130 valence electrons. The Balaban J connectivity index is 2.05. The topological polar surface area (TPSA) is 64.9 Å². The van der Waals surface area contributed by atoms with Crippen molar-refractivity contribution in [3.05, 3.63) is 39.0 Å². The molecule has 0 saturated heterocycles. The van der Waals surface area contributed by atoms with Crippen LogP contribution >= 0.6 is 23.2 Å². The molecule has 0 spiro atoms. The monoisotopic (exact) mass is 365 g/mol. The molecule has 1 aromatic carbocycles. The van der Waals surface area contributed by atoms with Crippen molar-refractivity contribution < 1.29 is 0 Å². The van der Waals surface area contributed by atoms with Crippen molar-refractivity contribution in [2.24, 2.45) is 11.5 Å². The van der Waals surface area contributed by atoms with Crippen LogP contribution in [0.2, 0.25) is 10.0 Å². The van der Waals surface area contributed by atoms with Gasteiger partial charge >= 0.3 is 0 Å². The Bertz CT molecular complexity index is 730. The number of benzene rings is 1. The molecule has 0 radical (unpaired) electrons. The molecule has 1 aliphatic carbocycles. The number of aryl methyl sites for hydroxylation is 1. The van der Waals surface area contributed by atoms with Gasteiger partial charge in [0.05, 0.1) is 10.5 Å². The van der Waals surface area contributed by atoms with Crippen LogP contribution in [0.5, 0.6) is 0 Å². The number of rotatable bonds is 6. The maximum atomic E-state index is 6.62. The Morgan fingerprint density at radius 2 is 1.88 bits per heavy atom. The Morgan fingerprint density at radius 1 is 1.08 bits per heavy atom. The maximum Gasteiger partial charge on any atom is 0.0738 e. The summed E-state index contributed by atoms with van der Waals surface area (Å²) >= 11 is 12.7. The summed E-state index contributed by atoms with van der Waals surface area (Å²) in [6.45, 7) is 0.743. The highest BCUT2D eigenvalue weighted by molar-refractivity contribution is 6.38. The highest BCUT2D eigenvalue weighted by Crippen LogP contribution is 2.38. The van der Waals surface area contributed by atoms with Crippen LogP contribution in [0.4, 0.5) is 0 Å². The smallest absolute Gasteiger partial charge is 0.0738 e. The quantitative estimate of drug-likeness (QED) is 0.712. The van der Waals surface area contributed by atoms with Gasteiger partial charge < -0.3 is 11.5 Å². The first-order valence-electron chi connectivity index (χ1n) is 8.88. The highest BCUT2D eigenvalue weighted by Gasteiger charge is 2.23. The van der Waals surface area contributed by atoms with Crippen LogP contribution in [0, 0.1) is 0 Å². The number of nitrogens with zero attached hydrogens (tertiary/aromatic N) is 1. The zero-order valence-electron chi connectivity index (χ0n) is 14.0. The van der Waals surface area contributed by atoms with Gasteiger partial charge in [-0.25, -0.2) is 0 Å². The lowest BCUT2D eigenvalue weighted by Gasteiger charge is -2.25. The molecular formula is C19H25Cl2N3. The molecule has 4 N–H and O–H groups in total. The molecule has 0 aliphatic heterocycles. The molecule has 3 rings (SSSR count). The molecule has 1 aromatic heterocycles. The number of halogens is 2. The van der Waals surface area contributed by atoms with E-state index in [1.807, 2.05) is 6.07 Å². The van der Waals surface area contributed by atoms with E-state index in [1.165, 1.54) is 29.7 Å². The SMILES string of the molecule is NCCCCCC(N)c1c2c(nc3cc(Cl)cc(Cl)c13)CCCC2. The normalized spacial score (nSPS) is 15.5. The van der Waals surface area contributed by atoms with Crippen molar-refractivity contribution in [2.75, 3.05) is 6.54 Å². The maximum absolute atomic E-state index is 6.62. The molecule has 1 aliphatic rings. The minimum Gasteiger partial charge on any atom is -0.330 e. The number of pyridine rings is 1. The Kier molecular flexibility index (Phi) is 5.98. The van der Waals surface area contributed by atoms with Gasteiger partial charge in [-0.05, 0) is 68.3 Å². The summed E-state index contributed by atoms with van der Waals surface area (Å²) in [4.78, 5) is 4.85. The van der Waals surface area contributed by atoms with Crippen molar-refractivity contribution in [1.29, 1.82) is 0 Å². The van der Waals surface area contributed by atoms with Crippen molar-refractivity contribution in [3.8, 4) is 0 Å². The molecule has 2 aromatic rings. The van der Waals surface area contributed by atoms with Crippen LogP contribution in [0.3, 0.4) is 0 Å². The van der Waals surface area contributed by atoms with Gasteiger partial charge in [0.15, 0.2) is 0 Å². The fourth-order valence-electron chi connectivity index (χ4n) is 3.75. The fourth-order valence-corrected chi connectivity index (χ4v) is 4.34. The number of nitrogens with two attached hydrogens (primary N) is 2. The summed E-state index contributed by atoms with van der Waals surface area (Å²) in [6.07, 6.45) is 8.65. The Hall–Kier alpha value is -0.870. The Labute approximate surface area is 153 Å². The number of fused-ring (bicyclic) bond motifs is 2. The van der Waals surface area contributed by atoms with Crippen LogP contribution < -0.4 is 11.5 Å². The van der Waals surface area contributed by atoms with Crippen molar-refractivity contribution in [2.45, 2.75) is 57.4 Å². The number of hydrogen-bond acceptors (Lipinski definition) is 3. The Morgan fingerprint density at radius 3 is 2.67 bits per heavy atom. The summed E-state index contributed by atoms with van der Waals surface area (Å²) in [5.41, 5.74) is 16.8. The summed E-state index contributed by atoms with van der Waals surface area (Å²) in [5, 5.41) is 2.28. The van der Waals surface area contributed by atoms with Gasteiger partial charge in [0.25, 0.3) is 0 Å². The van der Waals surface area contributed by atoms with E-state index >= 15 is 0 Å². The standard InChI is InChI=1S/C19H25Cl2N3/c20-12-10-14(21)19-17(11-12)24-16-8-4-3-6-13(16)18(19)15(23)7-2-1-5-9-22/h10-11,15H,1-9,22-23H2. The number of hydrogen-bond donors (Lipinski definition) is 2. The third kappa shape index (κ3) is 3.70. The molecule has 3 nitrogen and oxygen atoms in total. The molecule has 1 heterocycles. The molecule has 1 atom stereocenters. The lowest BCUT2D eigenvalue weighted by atomic mass is 9.85. The average molecular weight is 366 g/mol. The molecule has 0 bridgehead atoms. The van der Waals surface area contributed by atoms with Gasteiger partial charge in [0, 0.05) is 22.1 Å². The molecule has 24 heavy (non-hydrogen) atoms. The van der Waals surface area contributed by atoms with Gasteiger partial charge in [-0.3, -0.25) is 4.98 Å². The number of aromatic nitrogens is 1. The van der Waals surface area contributed by atoms with Crippen molar-refractivity contribution in [1.82, 2.24) is 4.98 Å². The summed E-state index contributed by atoms with van der Waals surface area (Å²) in [7, 11) is 0. The third-order valence-corrected chi connectivity index (χ3v) is 5.43. The van der Waals surface area contributed by atoms with Gasteiger partial charge in [0.1, 0.15) is 0 Å². The first-order valence-corrected chi connectivity index (χ1v) is 9.63. The van der Waals surface area contributed by atoms with Gasteiger partial charge in [-0.1, -0.05) is 36.0 Å². The summed E-state index contributed by atoms with van der Waals surface area (Å²) in [5.74, 6) is 0. The van der Waals surface area contributed by atoms with Gasteiger partial charge in [-0.15, -0.1) is 0 Å². The van der Waals surface area contributed by atoms with E-state index in [9.17, 15) is 0 Å². The first kappa shape index (κ1) is 17.9. The van der Waals surface area contributed by atoms with E-state index in [4.69, 9.17) is 39.7 Å². The average Bonchev–Trinajstić information content (AvgIpc) is 2.56. The van der Waals surface area contributed by atoms with Crippen molar-refractivity contribution >= 4 is 34.1 Å². The van der Waals surface area contributed by atoms with Crippen molar-refractivity contribution in [3.63, 3.8) is 0 Å². The lowest BCUT2D eigenvalue weighted by Crippen LogP contribution is -2.18. The summed E-state index contributed by atoms with van der Waals surface area (Å²) in [6, 6.07) is 3.69. The molecular weight excluding hydrogens is 341 g/mol. The van der Waals surface area contributed by atoms with Crippen LogP contribution in [0.25, 0.3) is 10.9 Å².